The van der Waals surface area contributed by atoms with Crippen molar-refractivity contribution in [1.29, 1.82) is 0 Å². The lowest BCUT2D eigenvalue weighted by Gasteiger charge is -2.06. The summed E-state index contributed by atoms with van der Waals surface area (Å²) in [5, 5.41) is 8.69. The zero-order valence-electron chi connectivity index (χ0n) is 7.70. The zero-order chi connectivity index (χ0) is 9.84. The highest BCUT2D eigenvalue weighted by atomic mass is 16.5. The Balaban J connectivity index is 3.15. The van der Waals surface area contributed by atoms with Gasteiger partial charge in [-0.15, -0.1) is 0 Å². The highest BCUT2D eigenvalue weighted by Crippen LogP contribution is 2.19. The summed E-state index contributed by atoms with van der Waals surface area (Å²) in [7, 11) is 1.50. The number of rotatable bonds is 3. The molecule has 0 bridgehead atoms. The molecular weight excluding hydrogens is 168 g/mol. The van der Waals surface area contributed by atoms with E-state index in [0.717, 1.165) is 5.56 Å². The molecule has 0 atom stereocenters. The summed E-state index contributed by atoms with van der Waals surface area (Å²) < 4.78 is 4.99. The number of hydrogen-bond donors (Lipinski definition) is 1. The molecule has 0 aromatic heterocycles. The van der Waals surface area contributed by atoms with Crippen LogP contribution in [0.5, 0.6) is 5.75 Å². The van der Waals surface area contributed by atoms with Crippen LogP contribution in [0.1, 0.15) is 15.9 Å². The van der Waals surface area contributed by atoms with E-state index in [9.17, 15) is 4.79 Å². The minimum absolute atomic E-state index is 0.319. The Morgan fingerprint density at radius 1 is 1.54 bits per heavy atom. The van der Waals surface area contributed by atoms with Crippen LogP contribution in [0.4, 0.5) is 0 Å². The molecule has 3 nitrogen and oxygen atoms in total. The molecule has 1 rings (SSSR count). The molecule has 3 heteroatoms. The van der Waals surface area contributed by atoms with Crippen molar-refractivity contribution < 1.29 is 14.6 Å². The number of carbonyl (C=O) groups is 1. The summed E-state index contributed by atoms with van der Waals surface area (Å²) in [5.74, 6) is 0.185. The van der Waals surface area contributed by atoms with E-state index in [-0.39, 0.29) is 5.78 Å². The van der Waals surface area contributed by atoms with Gasteiger partial charge in [0, 0.05) is 0 Å². The lowest BCUT2D eigenvalue weighted by Crippen LogP contribution is -2.06. The van der Waals surface area contributed by atoms with E-state index in [2.05, 4.69) is 0 Å². The van der Waals surface area contributed by atoms with Gasteiger partial charge >= 0.3 is 0 Å². The first-order valence-electron chi connectivity index (χ1n) is 3.97. The summed E-state index contributed by atoms with van der Waals surface area (Å²) in [6.45, 7) is 1.40. The number of aryl methyl sites for hydroxylation is 1. The van der Waals surface area contributed by atoms with Gasteiger partial charge in [0.05, 0.1) is 12.7 Å². The minimum Gasteiger partial charge on any atom is -0.496 e. The van der Waals surface area contributed by atoms with Crippen LogP contribution in [0, 0.1) is 6.92 Å². The fourth-order valence-electron chi connectivity index (χ4n) is 1.12. The SMILES string of the molecule is COc1ccc(C)cc1C(=O)CO. The number of aliphatic hydroxyl groups is 1. The Morgan fingerprint density at radius 3 is 2.77 bits per heavy atom. The van der Waals surface area contributed by atoms with Gasteiger partial charge in [0.1, 0.15) is 12.4 Å². The zero-order valence-corrected chi connectivity index (χ0v) is 7.70. The lowest BCUT2D eigenvalue weighted by atomic mass is 10.1. The Hall–Kier alpha value is -1.35. The second-order valence-electron chi connectivity index (χ2n) is 2.79. The maximum absolute atomic E-state index is 11.2. The predicted octanol–water partition coefficient (Wildman–Crippen LogP) is 1.18. The molecule has 1 N–H and O–H groups in total. The summed E-state index contributed by atoms with van der Waals surface area (Å²) in [6, 6.07) is 5.28. The van der Waals surface area contributed by atoms with Crippen LogP contribution in [-0.4, -0.2) is 24.6 Å². The summed E-state index contributed by atoms with van der Waals surface area (Å²) >= 11 is 0. The molecule has 1 aromatic rings. The molecule has 0 aliphatic rings. The van der Waals surface area contributed by atoms with Crippen molar-refractivity contribution in [3.8, 4) is 5.75 Å². The van der Waals surface area contributed by atoms with Crippen molar-refractivity contribution in [2.24, 2.45) is 0 Å². The lowest BCUT2D eigenvalue weighted by molar-refractivity contribution is 0.0900. The highest BCUT2D eigenvalue weighted by Gasteiger charge is 2.10. The molecular formula is C10H12O3. The van der Waals surface area contributed by atoms with Crippen molar-refractivity contribution in [1.82, 2.24) is 0 Å². The average molecular weight is 180 g/mol. The maximum atomic E-state index is 11.2. The van der Waals surface area contributed by atoms with E-state index in [1.165, 1.54) is 7.11 Å². The largest absolute Gasteiger partial charge is 0.496 e. The molecule has 0 saturated carbocycles. The minimum atomic E-state index is -0.486. The average Bonchev–Trinajstić information content (AvgIpc) is 2.16. The van der Waals surface area contributed by atoms with Crippen molar-refractivity contribution >= 4 is 5.78 Å². The fraction of sp³-hybridized carbons (Fsp3) is 0.300. The number of benzene rings is 1. The second kappa shape index (κ2) is 4.05. The smallest absolute Gasteiger partial charge is 0.191 e. The van der Waals surface area contributed by atoms with E-state index < -0.39 is 6.61 Å². The van der Waals surface area contributed by atoms with Crippen LogP contribution in [0.15, 0.2) is 18.2 Å². The van der Waals surface area contributed by atoms with E-state index in [0.29, 0.717) is 11.3 Å². The van der Waals surface area contributed by atoms with Crippen molar-refractivity contribution in [3.05, 3.63) is 29.3 Å². The van der Waals surface area contributed by atoms with Gasteiger partial charge in [-0.2, -0.15) is 0 Å². The molecule has 0 aliphatic carbocycles. The third kappa shape index (κ3) is 2.06. The highest BCUT2D eigenvalue weighted by molar-refractivity contribution is 5.99. The molecule has 0 spiro atoms. The Morgan fingerprint density at radius 2 is 2.23 bits per heavy atom. The van der Waals surface area contributed by atoms with Crippen LogP contribution in [0.3, 0.4) is 0 Å². The van der Waals surface area contributed by atoms with Crippen LogP contribution < -0.4 is 4.74 Å². The molecule has 1 aromatic carbocycles. The summed E-state index contributed by atoms with van der Waals surface area (Å²) in [4.78, 5) is 11.2. The first kappa shape index (κ1) is 9.74. The quantitative estimate of drug-likeness (QED) is 0.710. The number of hydrogen-bond acceptors (Lipinski definition) is 3. The Bertz CT molecular complexity index is 318. The molecule has 13 heavy (non-hydrogen) atoms. The van der Waals surface area contributed by atoms with Gasteiger partial charge in [-0.3, -0.25) is 4.79 Å². The van der Waals surface area contributed by atoms with Gasteiger partial charge in [0.25, 0.3) is 0 Å². The Kier molecular flexibility index (Phi) is 3.03. The first-order valence-corrected chi connectivity index (χ1v) is 3.97. The number of ether oxygens (including phenoxy) is 1. The van der Waals surface area contributed by atoms with Gasteiger partial charge < -0.3 is 9.84 Å². The number of aliphatic hydroxyl groups excluding tert-OH is 1. The standard InChI is InChI=1S/C10H12O3/c1-7-3-4-10(13-2)8(5-7)9(12)6-11/h3-5,11H,6H2,1-2H3. The van der Waals surface area contributed by atoms with Crippen LogP contribution in [0.2, 0.25) is 0 Å². The molecule has 70 valence electrons. The van der Waals surface area contributed by atoms with Crippen LogP contribution in [-0.2, 0) is 0 Å². The predicted molar refractivity (Wildman–Crippen MR) is 49.1 cm³/mol. The topological polar surface area (TPSA) is 46.5 Å². The normalized spacial score (nSPS) is 9.77. The van der Waals surface area contributed by atoms with Gasteiger partial charge in [-0.1, -0.05) is 11.6 Å². The van der Waals surface area contributed by atoms with E-state index in [1.54, 1.807) is 12.1 Å². The number of ketones is 1. The Labute approximate surface area is 77.0 Å². The van der Waals surface area contributed by atoms with Crippen LogP contribution >= 0.6 is 0 Å². The summed E-state index contributed by atoms with van der Waals surface area (Å²) in [5.41, 5.74) is 1.41. The van der Waals surface area contributed by atoms with E-state index >= 15 is 0 Å². The number of carbonyl (C=O) groups excluding carboxylic acids is 1. The molecule has 0 radical (unpaired) electrons. The molecule has 0 aliphatic heterocycles. The van der Waals surface area contributed by atoms with Gasteiger partial charge in [0.2, 0.25) is 0 Å². The second-order valence-corrected chi connectivity index (χ2v) is 2.79. The van der Waals surface area contributed by atoms with Crippen LogP contribution in [0.25, 0.3) is 0 Å². The fourth-order valence-corrected chi connectivity index (χ4v) is 1.12. The van der Waals surface area contributed by atoms with Gasteiger partial charge in [-0.25, -0.2) is 0 Å². The third-order valence-corrected chi connectivity index (χ3v) is 1.80. The molecule has 0 heterocycles. The van der Waals surface area contributed by atoms with Crippen molar-refractivity contribution in [2.45, 2.75) is 6.92 Å². The summed E-state index contributed by atoms with van der Waals surface area (Å²) in [6.07, 6.45) is 0. The number of methoxy groups -OCH3 is 1. The molecule has 0 fully saturated rings. The maximum Gasteiger partial charge on any atom is 0.191 e. The van der Waals surface area contributed by atoms with Gasteiger partial charge in [-0.05, 0) is 19.1 Å². The first-order chi connectivity index (χ1) is 6.19. The third-order valence-electron chi connectivity index (χ3n) is 1.80. The van der Waals surface area contributed by atoms with Crippen molar-refractivity contribution in [3.63, 3.8) is 0 Å². The van der Waals surface area contributed by atoms with E-state index in [4.69, 9.17) is 9.84 Å². The van der Waals surface area contributed by atoms with Gasteiger partial charge in [0.15, 0.2) is 5.78 Å². The molecule has 0 amide bonds. The monoisotopic (exact) mass is 180 g/mol. The van der Waals surface area contributed by atoms with E-state index in [1.807, 2.05) is 13.0 Å². The number of Topliss-reactive ketones (excluding diaryl/α,β-unsaturated/α-hetero) is 1. The van der Waals surface area contributed by atoms with Crippen molar-refractivity contribution in [2.75, 3.05) is 13.7 Å². The molecule has 0 saturated heterocycles. The molecule has 0 unspecified atom stereocenters.